The summed E-state index contributed by atoms with van der Waals surface area (Å²) in [6.07, 6.45) is 3.09. The largest absolute Gasteiger partial charge is 0.466 e. The fourth-order valence-electron chi connectivity index (χ4n) is 2.73. The molecule has 0 aromatic heterocycles. The summed E-state index contributed by atoms with van der Waals surface area (Å²) >= 11 is 0. The van der Waals surface area contributed by atoms with Crippen molar-refractivity contribution in [3.05, 3.63) is 0 Å². The lowest BCUT2D eigenvalue weighted by atomic mass is 9.72. The molecule has 4 atom stereocenters. The number of nitrogens with two attached hydrogens (primary N) is 1. The summed E-state index contributed by atoms with van der Waals surface area (Å²) in [4.78, 5) is 11.4. The third-order valence-corrected chi connectivity index (χ3v) is 3.49. The highest BCUT2D eigenvalue weighted by atomic mass is 16.5. The highest BCUT2D eigenvalue weighted by Gasteiger charge is 2.48. The summed E-state index contributed by atoms with van der Waals surface area (Å²) in [7, 11) is 0. The van der Waals surface area contributed by atoms with E-state index in [0.29, 0.717) is 24.5 Å². The first-order valence-electron chi connectivity index (χ1n) is 5.14. The van der Waals surface area contributed by atoms with E-state index in [0.717, 1.165) is 19.3 Å². The van der Waals surface area contributed by atoms with Crippen LogP contribution in [0, 0.1) is 17.8 Å². The molecule has 2 fully saturated rings. The van der Waals surface area contributed by atoms with Gasteiger partial charge in [-0.05, 0) is 38.0 Å². The van der Waals surface area contributed by atoms with E-state index in [2.05, 4.69) is 0 Å². The Morgan fingerprint density at radius 1 is 1.46 bits per heavy atom. The molecule has 0 amide bonds. The van der Waals surface area contributed by atoms with Crippen LogP contribution in [0.3, 0.4) is 0 Å². The van der Waals surface area contributed by atoms with Gasteiger partial charge in [-0.3, -0.25) is 4.79 Å². The van der Waals surface area contributed by atoms with Crippen LogP contribution in [0.2, 0.25) is 0 Å². The van der Waals surface area contributed by atoms with Gasteiger partial charge in [0.15, 0.2) is 0 Å². The lowest BCUT2D eigenvalue weighted by Gasteiger charge is -2.37. The Kier molecular flexibility index (Phi) is 2.28. The molecule has 3 heteroatoms. The van der Waals surface area contributed by atoms with Crippen molar-refractivity contribution >= 4 is 5.97 Å². The first-order valence-corrected chi connectivity index (χ1v) is 5.14. The Morgan fingerprint density at radius 2 is 2.23 bits per heavy atom. The van der Waals surface area contributed by atoms with Crippen LogP contribution >= 0.6 is 0 Å². The van der Waals surface area contributed by atoms with Crippen LogP contribution in [0.1, 0.15) is 26.2 Å². The topological polar surface area (TPSA) is 52.3 Å². The van der Waals surface area contributed by atoms with Gasteiger partial charge in [0.25, 0.3) is 0 Å². The summed E-state index contributed by atoms with van der Waals surface area (Å²) in [5.41, 5.74) is 5.85. The molecule has 0 spiro atoms. The van der Waals surface area contributed by atoms with Gasteiger partial charge in [0.1, 0.15) is 0 Å². The molecule has 74 valence electrons. The smallest absolute Gasteiger partial charge is 0.308 e. The zero-order valence-corrected chi connectivity index (χ0v) is 8.03. The lowest BCUT2D eigenvalue weighted by molar-refractivity contribution is -0.147. The second kappa shape index (κ2) is 3.29. The van der Waals surface area contributed by atoms with Crippen LogP contribution in [0.15, 0.2) is 0 Å². The van der Waals surface area contributed by atoms with Crippen molar-refractivity contribution in [2.24, 2.45) is 23.5 Å². The average molecular weight is 183 g/mol. The number of esters is 1. The molecule has 0 aliphatic heterocycles. The Bertz CT molecular complexity index is 217. The minimum Gasteiger partial charge on any atom is -0.466 e. The molecule has 0 heterocycles. The fourth-order valence-corrected chi connectivity index (χ4v) is 2.73. The second-order valence-corrected chi connectivity index (χ2v) is 4.24. The molecule has 2 rings (SSSR count). The number of ether oxygens (including phenoxy) is 1. The SMILES string of the molecule is CCOC(=O)C1C[C@@H]2C[C@H](N)[C@@H]2C1. The molecule has 2 N–H and O–H groups in total. The Balaban J connectivity index is 1.87. The molecule has 3 nitrogen and oxygen atoms in total. The Labute approximate surface area is 78.6 Å². The number of hydrogen-bond donors (Lipinski definition) is 1. The van der Waals surface area contributed by atoms with Gasteiger partial charge in [-0.15, -0.1) is 0 Å². The Hall–Kier alpha value is -0.570. The molecule has 0 aromatic carbocycles. The number of carbonyl (C=O) groups excluding carboxylic acids is 1. The first kappa shape index (κ1) is 9.00. The molecule has 1 unspecified atom stereocenters. The van der Waals surface area contributed by atoms with Crippen molar-refractivity contribution in [3.8, 4) is 0 Å². The van der Waals surface area contributed by atoms with Crippen molar-refractivity contribution in [3.63, 3.8) is 0 Å². The molecule has 0 saturated heterocycles. The predicted molar refractivity (Wildman–Crippen MR) is 48.9 cm³/mol. The lowest BCUT2D eigenvalue weighted by Crippen LogP contribution is -2.44. The van der Waals surface area contributed by atoms with Gasteiger partial charge in [0.2, 0.25) is 0 Å². The molecule has 0 aromatic rings. The van der Waals surface area contributed by atoms with Crippen LogP contribution in [0.4, 0.5) is 0 Å². The van der Waals surface area contributed by atoms with Gasteiger partial charge in [-0.25, -0.2) is 0 Å². The zero-order chi connectivity index (χ0) is 9.42. The van der Waals surface area contributed by atoms with Crippen LogP contribution in [-0.4, -0.2) is 18.6 Å². The third-order valence-electron chi connectivity index (χ3n) is 3.49. The summed E-state index contributed by atoms with van der Waals surface area (Å²) in [5, 5.41) is 0. The maximum absolute atomic E-state index is 11.4. The van der Waals surface area contributed by atoms with Gasteiger partial charge >= 0.3 is 5.97 Å². The standard InChI is InChI=1S/C10H17NO2/c1-2-13-10(12)7-3-6-5-9(11)8(6)4-7/h6-9H,2-5,11H2,1H3/t6-,7?,8-,9+/m1/s1. The van der Waals surface area contributed by atoms with E-state index in [1.807, 2.05) is 6.92 Å². The quantitative estimate of drug-likeness (QED) is 0.648. The van der Waals surface area contributed by atoms with Crippen molar-refractivity contribution in [1.29, 1.82) is 0 Å². The number of hydrogen-bond acceptors (Lipinski definition) is 3. The Morgan fingerprint density at radius 3 is 2.77 bits per heavy atom. The maximum Gasteiger partial charge on any atom is 0.308 e. The zero-order valence-electron chi connectivity index (χ0n) is 8.03. The molecule has 13 heavy (non-hydrogen) atoms. The molecule has 0 bridgehead atoms. The van der Waals surface area contributed by atoms with Crippen LogP contribution in [-0.2, 0) is 9.53 Å². The van der Waals surface area contributed by atoms with Crippen molar-refractivity contribution in [2.75, 3.05) is 6.61 Å². The van der Waals surface area contributed by atoms with E-state index >= 15 is 0 Å². The third kappa shape index (κ3) is 1.46. The van der Waals surface area contributed by atoms with Crippen molar-refractivity contribution < 1.29 is 9.53 Å². The van der Waals surface area contributed by atoms with Crippen LogP contribution in [0.5, 0.6) is 0 Å². The molecule has 2 saturated carbocycles. The molecular weight excluding hydrogens is 166 g/mol. The monoisotopic (exact) mass is 183 g/mol. The summed E-state index contributed by atoms with van der Waals surface area (Å²) in [6.45, 7) is 2.35. The average Bonchev–Trinajstić information content (AvgIpc) is 2.43. The van der Waals surface area contributed by atoms with Crippen LogP contribution in [0.25, 0.3) is 0 Å². The fraction of sp³-hybridized carbons (Fsp3) is 0.900. The van der Waals surface area contributed by atoms with Gasteiger partial charge < -0.3 is 10.5 Å². The first-order chi connectivity index (χ1) is 6.22. The highest BCUT2D eigenvalue weighted by Crippen LogP contribution is 2.49. The van der Waals surface area contributed by atoms with Gasteiger partial charge in [-0.2, -0.15) is 0 Å². The molecule has 0 radical (unpaired) electrons. The van der Waals surface area contributed by atoms with Gasteiger partial charge in [0.05, 0.1) is 12.5 Å². The van der Waals surface area contributed by atoms with E-state index < -0.39 is 0 Å². The summed E-state index contributed by atoms with van der Waals surface area (Å²) < 4.78 is 5.01. The number of fused-ring (bicyclic) bond motifs is 1. The van der Waals surface area contributed by atoms with Crippen LogP contribution < -0.4 is 5.73 Å². The van der Waals surface area contributed by atoms with E-state index in [-0.39, 0.29) is 11.9 Å². The highest BCUT2D eigenvalue weighted by molar-refractivity contribution is 5.73. The predicted octanol–water partition coefficient (Wildman–Crippen LogP) is 0.923. The minimum absolute atomic E-state index is 0.0101. The number of carbonyl (C=O) groups is 1. The van der Waals surface area contributed by atoms with Crippen molar-refractivity contribution in [1.82, 2.24) is 0 Å². The summed E-state index contributed by atoms with van der Waals surface area (Å²) in [5.74, 6) is 1.45. The number of rotatable bonds is 2. The van der Waals surface area contributed by atoms with E-state index in [1.165, 1.54) is 0 Å². The van der Waals surface area contributed by atoms with Gasteiger partial charge in [0, 0.05) is 6.04 Å². The van der Waals surface area contributed by atoms with E-state index in [4.69, 9.17) is 10.5 Å². The second-order valence-electron chi connectivity index (χ2n) is 4.24. The molecule has 2 aliphatic carbocycles. The van der Waals surface area contributed by atoms with E-state index in [1.54, 1.807) is 0 Å². The molecular formula is C10H17NO2. The van der Waals surface area contributed by atoms with Crippen molar-refractivity contribution in [2.45, 2.75) is 32.2 Å². The van der Waals surface area contributed by atoms with Gasteiger partial charge in [-0.1, -0.05) is 0 Å². The summed E-state index contributed by atoms with van der Waals surface area (Å²) in [6, 6.07) is 0.351. The maximum atomic E-state index is 11.4. The normalized spacial score (nSPS) is 42.3. The van der Waals surface area contributed by atoms with E-state index in [9.17, 15) is 4.79 Å². The minimum atomic E-state index is -0.0101. The molecule has 2 aliphatic rings.